The van der Waals surface area contributed by atoms with Gasteiger partial charge in [-0.1, -0.05) is 41.9 Å². The van der Waals surface area contributed by atoms with Crippen LogP contribution >= 0.6 is 11.6 Å². The smallest absolute Gasteiger partial charge is 0.237 e. The molecule has 0 aliphatic carbocycles. The fourth-order valence-corrected chi connectivity index (χ4v) is 6.08. The number of halogens is 1. The Morgan fingerprint density at radius 3 is 2.32 bits per heavy atom. The van der Waals surface area contributed by atoms with E-state index in [1.807, 2.05) is 36.1 Å². The van der Waals surface area contributed by atoms with Gasteiger partial charge in [-0.25, -0.2) is 12.7 Å². The zero-order valence-electron chi connectivity index (χ0n) is 15.8. The van der Waals surface area contributed by atoms with Crippen LogP contribution in [0.2, 0.25) is 5.02 Å². The minimum atomic E-state index is -3.44. The van der Waals surface area contributed by atoms with Gasteiger partial charge >= 0.3 is 0 Å². The molecule has 2 aromatic rings. The SMILES string of the molecule is CCN1C(=O)C2(CCN(S(=O)(=O)Cc3ccc(Cl)cc3)CC2)c2ccccc21. The molecule has 28 heavy (non-hydrogen) atoms. The van der Waals surface area contributed by atoms with Gasteiger partial charge in [-0.05, 0) is 49.1 Å². The molecule has 0 saturated carbocycles. The summed E-state index contributed by atoms with van der Waals surface area (Å²) in [5, 5.41) is 0.583. The maximum absolute atomic E-state index is 13.2. The van der Waals surface area contributed by atoms with Gasteiger partial charge in [-0.3, -0.25) is 4.79 Å². The topological polar surface area (TPSA) is 57.7 Å². The lowest BCUT2D eigenvalue weighted by Crippen LogP contribution is -2.50. The fraction of sp³-hybridized carbons (Fsp3) is 0.381. The molecule has 2 aliphatic rings. The Balaban J connectivity index is 1.54. The van der Waals surface area contributed by atoms with Crippen molar-refractivity contribution in [2.75, 3.05) is 24.5 Å². The van der Waals surface area contributed by atoms with Gasteiger partial charge in [0.1, 0.15) is 0 Å². The van der Waals surface area contributed by atoms with Crippen molar-refractivity contribution in [3.63, 3.8) is 0 Å². The number of carbonyl (C=O) groups is 1. The number of anilines is 1. The van der Waals surface area contributed by atoms with Gasteiger partial charge in [0.05, 0.1) is 11.2 Å². The van der Waals surface area contributed by atoms with Crippen molar-refractivity contribution >= 4 is 33.2 Å². The first kappa shape index (κ1) is 19.4. The Kier molecular flexibility index (Phi) is 4.98. The maximum Gasteiger partial charge on any atom is 0.237 e. The molecular weight excluding hydrogens is 396 g/mol. The van der Waals surface area contributed by atoms with E-state index in [4.69, 9.17) is 11.6 Å². The summed E-state index contributed by atoms with van der Waals surface area (Å²) in [6.45, 7) is 3.30. The summed E-state index contributed by atoms with van der Waals surface area (Å²) in [7, 11) is -3.44. The molecule has 2 heterocycles. The molecule has 0 radical (unpaired) electrons. The van der Waals surface area contributed by atoms with Crippen LogP contribution in [-0.2, 0) is 26.0 Å². The first-order valence-electron chi connectivity index (χ1n) is 9.51. The lowest BCUT2D eigenvalue weighted by Gasteiger charge is -2.37. The molecule has 0 N–H and O–H groups in total. The predicted octanol–water partition coefficient (Wildman–Crippen LogP) is 3.57. The Labute approximate surface area is 171 Å². The third-order valence-electron chi connectivity index (χ3n) is 5.91. The van der Waals surface area contributed by atoms with E-state index in [1.165, 1.54) is 4.31 Å². The molecule has 0 unspecified atom stereocenters. The van der Waals surface area contributed by atoms with Gasteiger partial charge in [-0.15, -0.1) is 0 Å². The van der Waals surface area contributed by atoms with Crippen molar-refractivity contribution in [1.29, 1.82) is 0 Å². The average Bonchev–Trinajstić information content (AvgIpc) is 2.92. The Morgan fingerprint density at radius 1 is 1.04 bits per heavy atom. The van der Waals surface area contributed by atoms with Crippen LogP contribution < -0.4 is 4.90 Å². The minimum absolute atomic E-state index is 0.0528. The minimum Gasteiger partial charge on any atom is -0.312 e. The number of amides is 1. The normalized spacial score (nSPS) is 19.2. The van der Waals surface area contributed by atoms with E-state index in [9.17, 15) is 13.2 Å². The molecule has 5 nitrogen and oxygen atoms in total. The lowest BCUT2D eigenvalue weighted by molar-refractivity contribution is -0.124. The maximum atomic E-state index is 13.2. The van der Waals surface area contributed by atoms with Crippen molar-refractivity contribution in [1.82, 2.24) is 4.31 Å². The van der Waals surface area contributed by atoms with Crippen LogP contribution in [0, 0.1) is 0 Å². The number of rotatable bonds is 4. The molecule has 0 bridgehead atoms. The highest BCUT2D eigenvalue weighted by Gasteiger charge is 2.52. The molecular formula is C21H23ClN2O3S. The number of para-hydroxylation sites is 1. The summed E-state index contributed by atoms with van der Waals surface area (Å²) < 4.78 is 27.3. The molecule has 1 spiro atoms. The van der Waals surface area contributed by atoms with Crippen LogP contribution in [0.1, 0.15) is 30.9 Å². The summed E-state index contributed by atoms with van der Waals surface area (Å²) >= 11 is 5.88. The highest BCUT2D eigenvalue weighted by atomic mass is 35.5. The van der Waals surface area contributed by atoms with Crippen LogP contribution in [0.15, 0.2) is 48.5 Å². The molecule has 1 amide bonds. The van der Waals surface area contributed by atoms with E-state index in [-0.39, 0.29) is 11.7 Å². The van der Waals surface area contributed by atoms with Crippen LogP contribution in [0.4, 0.5) is 5.69 Å². The number of benzene rings is 2. The first-order chi connectivity index (χ1) is 13.4. The van der Waals surface area contributed by atoms with Crippen molar-refractivity contribution in [3.8, 4) is 0 Å². The number of piperidine rings is 1. The highest BCUT2D eigenvalue weighted by Crippen LogP contribution is 2.48. The third-order valence-corrected chi connectivity index (χ3v) is 8.01. The van der Waals surface area contributed by atoms with E-state index in [0.29, 0.717) is 43.1 Å². The van der Waals surface area contributed by atoms with Gasteiger partial charge in [0.15, 0.2) is 0 Å². The zero-order chi connectivity index (χ0) is 19.9. The van der Waals surface area contributed by atoms with Crippen LogP contribution in [0.25, 0.3) is 0 Å². The number of hydrogen-bond donors (Lipinski definition) is 0. The molecule has 4 rings (SSSR count). The Hall–Kier alpha value is -1.89. The van der Waals surface area contributed by atoms with Gasteiger partial charge in [-0.2, -0.15) is 0 Å². The van der Waals surface area contributed by atoms with E-state index in [0.717, 1.165) is 11.3 Å². The predicted molar refractivity (Wildman–Crippen MR) is 111 cm³/mol. The van der Waals surface area contributed by atoms with E-state index in [2.05, 4.69) is 0 Å². The van der Waals surface area contributed by atoms with Crippen molar-refractivity contribution < 1.29 is 13.2 Å². The van der Waals surface area contributed by atoms with E-state index in [1.54, 1.807) is 24.3 Å². The van der Waals surface area contributed by atoms with Crippen LogP contribution in [0.5, 0.6) is 0 Å². The third kappa shape index (κ3) is 3.13. The lowest BCUT2D eigenvalue weighted by atomic mass is 9.74. The van der Waals surface area contributed by atoms with Crippen molar-refractivity contribution in [2.45, 2.75) is 30.9 Å². The van der Waals surface area contributed by atoms with Crippen LogP contribution in [-0.4, -0.2) is 38.3 Å². The number of hydrogen-bond acceptors (Lipinski definition) is 3. The first-order valence-corrected chi connectivity index (χ1v) is 11.5. The monoisotopic (exact) mass is 418 g/mol. The second-order valence-corrected chi connectivity index (χ2v) is 9.84. The largest absolute Gasteiger partial charge is 0.312 e. The van der Waals surface area contributed by atoms with Crippen LogP contribution in [0.3, 0.4) is 0 Å². The molecule has 2 aliphatic heterocycles. The fourth-order valence-electron chi connectivity index (χ4n) is 4.42. The summed E-state index contributed by atoms with van der Waals surface area (Å²) in [4.78, 5) is 15.0. The number of fused-ring (bicyclic) bond motifs is 2. The van der Waals surface area contributed by atoms with Gasteiger partial charge < -0.3 is 4.90 Å². The van der Waals surface area contributed by atoms with Crippen molar-refractivity contribution in [2.24, 2.45) is 0 Å². The van der Waals surface area contributed by atoms with Gasteiger partial charge in [0.2, 0.25) is 15.9 Å². The molecule has 1 fully saturated rings. The Morgan fingerprint density at radius 2 is 1.68 bits per heavy atom. The Bertz CT molecular complexity index is 997. The second kappa shape index (κ2) is 7.17. The number of sulfonamides is 1. The summed E-state index contributed by atoms with van der Waals surface area (Å²) in [5.41, 5.74) is 2.12. The number of likely N-dealkylation sites (N-methyl/N-ethyl adjacent to an activating group) is 1. The second-order valence-electron chi connectivity index (χ2n) is 7.43. The molecule has 2 aromatic carbocycles. The molecule has 0 aromatic heterocycles. The number of carbonyl (C=O) groups excluding carboxylic acids is 1. The van der Waals surface area contributed by atoms with Gasteiger partial charge in [0.25, 0.3) is 0 Å². The van der Waals surface area contributed by atoms with Gasteiger partial charge in [0, 0.05) is 30.3 Å². The standard InChI is InChI=1S/C21H23ClN2O3S/c1-2-24-19-6-4-3-5-18(19)21(20(24)25)11-13-23(14-12-21)28(26,27)15-16-7-9-17(22)10-8-16/h3-10H,2,11-15H2,1H3. The summed E-state index contributed by atoms with van der Waals surface area (Å²) in [6, 6.07) is 14.8. The van der Waals surface area contributed by atoms with Crippen molar-refractivity contribution in [3.05, 3.63) is 64.7 Å². The zero-order valence-corrected chi connectivity index (χ0v) is 17.3. The molecule has 148 valence electrons. The molecule has 0 atom stereocenters. The number of nitrogens with zero attached hydrogens (tertiary/aromatic N) is 2. The van der Waals surface area contributed by atoms with E-state index >= 15 is 0 Å². The summed E-state index contributed by atoms with van der Waals surface area (Å²) in [5.74, 6) is 0.0499. The summed E-state index contributed by atoms with van der Waals surface area (Å²) in [6.07, 6.45) is 1.03. The van der Waals surface area contributed by atoms with E-state index < -0.39 is 15.4 Å². The highest BCUT2D eigenvalue weighted by molar-refractivity contribution is 7.88. The quantitative estimate of drug-likeness (QED) is 0.762. The molecule has 7 heteroatoms. The molecule has 1 saturated heterocycles. The average molecular weight is 419 g/mol.